The number of benzene rings is 2. The van der Waals surface area contributed by atoms with Gasteiger partial charge in [0.1, 0.15) is 5.76 Å². The first kappa shape index (κ1) is 17.3. The van der Waals surface area contributed by atoms with Gasteiger partial charge in [-0.05, 0) is 24.6 Å². The van der Waals surface area contributed by atoms with Crippen molar-refractivity contribution in [1.29, 1.82) is 0 Å². The first-order chi connectivity index (χ1) is 13.1. The molecule has 2 aromatic heterocycles. The van der Waals surface area contributed by atoms with Crippen LogP contribution in [0.2, 0.25) is 5.02 Å². The largest absolute Gasteiger partial charge is 0.427 e. The maximum atomic E-state index is 12.6. The van der Waals surface area contributed by atoms with Gasteiger partial charge in [0.2, 0.25) is 0 Å². The number of amides is 1. The molecule has 0 saturated heterocycles. The van der Waals surface area contributed by atoms with Gasteiger partial charge in [-0.25, -0.2) is 5.43 Å². The molecule has 0 aliphatic heterocycles. The number of fused-ring (bicyclic) bond motifs is 1. The van der Waals surface area contributed by atoms with Crippen LogP contribution < -0.4 is 10.9 Å². The van der Waals surface area contributed by atoms with E-state index in [9.17, 15) is 4.79 Å². The van der Waals surface area contributed by atoms with E-state index in [-0.39, 0.29) is 17.4 Å². The number of hydrogen-bond donors (Lipinski definition) is 2. The highest BCUT2D eigenvalue weighted by atomic mass is 35.5. The molecule has 27 heavy (non-hydrogen) atoms. The zero-order chi connectivity index (χ0) is 18.8. The summed E-state index contributed by atoms with van der Waals surface area (Å²) in [5.74, 6) is 0.689. The lowest BCUT2D eigenvalue weighted by atomic mass is 10.2. The van der Waals surface area contributed by atoms with Crippen LogP contribution in [-0.4, -0.2) is 20.5 Å². The van der Waals surface area contributed by atoms with Crippen molar-refractivity contribution >= 4 is 23.4 Å². The summed E-state index contributed by atoms with van der Waals surface area (Å²) in [5, 5.41) is 4.92. The zero-order valence-corrected chi connectivity index (χ0v) is 15.2. The first-order valence-electron chi connectivity index (χ1n) is 8.31. The summed E-state index contributed by atoms with van der Waals surface area (Å²) >= 11 is 6.20. The Morgan fingerprint density at radius 2 is 1.89 bits per heavy atom. The monoisotopic (exact) mass is 381 g/mol. The van der Waals surface area contributed by atoms with Crippen LogP contribution in [0.3, 0.4) is 0 Å². The van der Waals surface area contributed by atoms with E-state index in [0.29, 0.717) is 28.7 Å². The lowest BCUT2D eigenvalue weighted by Crippen LogP contribution is -2.37. The fourth-order valence-corrected chi connectivity index (χ4v) is 2.96. The Morgan fingerprint density at radius 1 is 1.15 bits per heavy atom. The third kappa shape index (κ3) is 3.42. The molecule has 8 heteroatoms. The van der Waals surface area contributed by atoms with Gasteiger partial charge in [0.05, 0.1) is 5.02 Å². The number of carbonyl (C=O) groups is 1. The molecule has 0 spiro atoms. The number of aryl methyl sites for hydroxylation is 1. The standard InChI is InChI=1S/C19H16ClN5O2/c1-12-16(18(26)23-21-11-13-7-3-2-4-8-13)25-19(27-12)22-17(24-25)14-9-5-6-10-15(14)20/h2-10,21H,11H2,1H3,(H,23,26). The second-order valence-corrected chi connectivity index (χ2v) is 6.32. The Hall–Kier alpha value is -3.16. The molecule has 2 heterocycles. The number of nitrogens with one attached hydrogen (secondary N) is 2. The zero-order valence-electron chi connectivity index (χ0n) is 14.4. The lowest BCUT2D eigenvalue weighted by Gasteiger charge is -2.06. The van der Waals surface area contributed by atoms with Gasteiger partial charge in [0, 0.05) is 12.1 Å². The van der Waals surface area contributed by atoms with Gasteiger partial charge in [0.25, 0.3) is 5.91 Å². The number of halogens is 1. The second kappa shape index (κ2) is 7.22. The van der Waals surface area contributed by atoms with Gasteiger partial charge in [-0.2, -0.15) is 9.50 Å². The highest BCUT2D eigenvalue weighted by Gasteiger charge is 2.22. The molecule has 0 saturated carbocycles. The average Bonchev–Trinajstić information content (AvgIpc) is 3.19. The van der Waals surface area contributed by atoms with Crippen LogP contribution in [0.1, 0.15) is 21.8 Å². The minimum absolute atomic E-state index is 0.232. The SMILES string of the molecule is Cc1oc2nc(-c3ccccc3Cl)nn2c1C(=O)NNCc1ccccc1. The summed E-state index contributed by atoms with van der Waals surface area (Å²) in [6.07, 6.45) is 0. The number of hydrazine groups is 1. The van der Waals surface area contributed by atoms with E-state index < -0.39 is 0 Å². The molecule has 0 aliphatic rings. The van der Waals surface area contributed by atoms with Crippen molar-refractivity contribution in [3.63, 3.8) is 0 Å². The van der Waals surface area contributed by atoms with Gasteiger partial charge in [0.15, 0.2) is 11.5 Å². The number of aromatic nitrogens is 3. The van der Waals surface area contributed by atoms with Crippen molar-refractivity contribution in [1.82, 2.24) is 25.4 Å². The van der Waals surface area contributed by atoms with E-state index in [4.69, 9.17) is 16.0 Å². The van der Waals surface area contributed by atoms with Crippen LogP contribution in [0.4, 0.5) is 0 Å². The van der Waals surface area contributed by atoms with E-state index >= 15 is 0 Å². The molecule has 0 fully saturated rings. The van der Waals surface area contributed by atoms with E-state index in [1.54, 1.807) is 13.0 Å². The predicted octanol–water partition coefficient (Wildman–Crippen LogP) is 3.39. The Kier molecular flexibility index (Phi) is 4.62. The van der Waals surface area contributed by atoms with Crippen LogP contribution in [0.25, 0.3) is 17.2 Å². The normalized spacial score (nSPS) is 11.0. The van der Waals surface area contributed by atoms with Gasteiger partial charge in [-0.1, -0.05) is 54.1 Å². The third-order valence-electron chi connectivity index (χ3n) is 4.03. The lowest BCUT2D eigenvalue weighted by molar-refractivity contribution is 0.0923. The fraction of sp³-hybridized carbons (Fsp3) is 0.105. The quantitative estimate of drug-likeness (QED) is 0.518. The predicted molar refractivity (Wildman–Crippen MR) is 101 cm³/mol. The topological polar surface area (TPSA) is 84.5 Å². The molecule has 7 nitrogen and oxygen atoms in total. The number of rotatable bonds is 5. The van der Waals surface area contributed by atoms with Crippen molar-refractivity contribution in [2.75, 3.05) is 0 Å². The highest BCUT2D eigenvalue weighted by molar-refractivity contribution is 6.33. The number of oxazole rings is 1. The maximum Gasteiger partial charge on any atom is 0.325 e. The molecule has 2 aromatic carbocycles. The molecule has 0 radical (unpaired) electrons. The Labute approximate surface area is 159 Å². The summed E-state index contributed by atoms with van der Waals surface area (Å²) < 4.78 is 6.97. The summed E-state index contributed by atoms with van der Waals surface area (Å²) in [4.78, 5) is 16.9. The van der Waals surface area contributed by atoms with E-state index in [1.807, 2.05) is 48.5 Å². The van der Waals surface area contributed by atoms with Crippen LogP contribution in [0, 0.1) is 6.92 Å². The van der Waals surface area contributed by atoms with Gasteiger partial charge >= 0.3 is 5.84 Å². The van der Waals surface area contributed by atoms with Crippen molar-refractivity contribution in [3.05, 3.63) is 76.6 Å². The highest BCUT2D eigenvalue weighted by Crippen LogP contribution is 2.26. The summed E-state index contributed by atoms with van der Waals surface area (Å²) in [7, 11) is 0. The molecule has 1 amide bonds. The van der Waals surface area contributed by atoms with E-state index in [0.717, 1.165) is 5.56 Å². The van der Waals surface area contributed by atoms with Crippen molar-refractivity contribution in [2.24, 2.45) is 0 Å². The minimum Gasteiger partial charge on any atom is -0.427 e. The molecular formula is C19H16ClN5O2. The summed E-state index contributed by atoms with van der Waals surface area (Å²) in [5.41, 5.74) is 7.56. The third-order valence-corrected chi connectivity index (χ3v) is 4.36. The summed E-state index contributed by atoms with van der Waals surface area (Å²) in [6.45, 7) is 2.19. The van der Waals surface area contributed by atoms with E-state index in [1.165, 1.54) is 4.52 Å². The minimum atomic E-state index is -0.363. The van der Waals surface area contributed by atoms with Gasteiger partial charge < -0.3 is 4.42 Å². The van der Waals surface area contributed by atoms with Crippen molar-refractivity contribution in [3.8, 4) is 11.4 Å². The Balaban J connectivity index is 1.56. The van der Waals surface area contributed by atoms with Crippen molar-refractivity contribution < 1.29 is 9.21 Å². The van der Waals surface area contributed by atoms with E-state index in [2.05, 4.69) is 20.9 Å². The molecule has 0 atom stereocenters. The van der Waals surface area contributed by atoms with Crippen LogP contribution in [0.15, 0.2) is 59.0 Å². The molecule has 2 N–H and O–H groups in total. The Bertz CT molecular complexity index is 1100. The molecule has 0 unspecified atom stereocenters. The van der Waals surface area contributed by atoms with Crippen molar-refractivity contribution in [2.45, 2.75) is 13.5 Å². The van der Waals surface area contributed by atoms with Crippen LogP contribution in [0.5, 0.6) is 0 Å². The molecule has 4 rings (SSSR count). The number of carbonyl (C=O) groups excluding carboxylic acids is 1. The molecule has 136 valence electrons. The first-order valence-corrected chi connectivity index (χ1v) is 8.69. The molecule has 0 bridgehead atoms. The Morgan fingerprint density at radius 3 is 2.67 bits per heavy atom. The van der Waals surface area contributed by atoms with Gasteiger partial charge in [-0.3, -0.25) is 10.2 Å². The van der Waals surface area contributed by atoms with Crippen LogP contribution >= 0.6 is 11.6 Å². The maximum absolute atomic E-state index is 12.6. The molecule has 4 aromatic rings. The number of nitrogens with zero attached hydrogens (tertiary/aromatic N) is 3. The van der Waals surface area contributed by atoms with Gasteiger partial charge in [-0.15, -0.1) is 5.10 Å². The van der Waals surface area contributed by atoms with Crippen LogP contribution in [-0.2, 0) is 6.54 Å². The smallest absolute Gasteiger partial charge is 0.325 e. The molecule has 0 aliphatic carbocycles. The number of hydrogen-bond acceptors (Lipinski definition) is 5. The average molecular weight is 382 g/mol. The summed E-state index contributed by atoms with van der Waals surface area (Å²) in [6, 6.07) is 17.0. The second-order valence-electron chi connectivity index (χ2n) is 5.91. The fourth-order valence-electron chi connectivity index (χ4n) is 2.74. The molecular weight excluding hydrogens is 366 g/mol.